The van der Waals surface area contributed by atoms with E-state index in [2.05, 4.69) is 5.32 Å². The van der Waals surface area contributed by atoms with Gasteiger partial charge < -0.3 is 132 Å². The number of aliphatic hydroxyl groups is 9. The largest absolute Gasteiger partial charge is 0.756 e. The molecule has 13 unspecified atom stereocenters. The maximum absolute atomic E-state index is 15.8. The van der Waals surface area contributed by atoms with Gasteiger partial charge in [-0.2, -0.15) is 0 Å². The summed E-state index contributed by atoms with van der Waals surface area (Å²) in [6, 6.07) is -1.12. The lowest BCUT2D eigenvalue weighted by Gasteiger charge is -2.42. The van der Waals surface area contributed by atoms with Gasteiger partial charge in [-0.05, 0) is 71.6 Å². The summed E-state index contributed by atoms with van der Waals surface area (Å²) in [6.45, 7) is 0.933. The molecule has 0 aromatic heterocycles. The van der Waals surface area contributed by atoms with Crippen LogP contribution in [-0.4, -0.2) is 314 Å². The van der Waals surface area contributed by atoms with Gasteiger partial charge in [0.1, 0.15) is 61.0 Å². The molecule has 1 amide bonds. The van der Waals surface area contributed by atoms with Crippen LogP contribution in [0.15, 0.2) is 0 Å². The number of phosphoric acid groups is 4. The number of alkyl halides is 1. The van der Waals surface area contributed by atoms with Gasteiger partial charge in [0.2, 0.25) is 5.91 Å². The minimum Gasteiger partial charge on any atom is -0.756 e. The van der Waals surface area contributed by atoms with Crippen molar-refractivity contribution >= 4 is 44.8 Å². The molecule has 40 nitrogen and oxygen atoms in total. The van der Waals surface area contributed by atoms with Gasteiger partial charge in [0.15, 0.2) is 24.5 Å². The number of carbonyl (C=O) groups excluding carboxylic acids is 1. The third kappa shape index (κ3) is 36.8. The Labute approximate surface area is 629 Å². The first-order valence-corrected chi connectivity index (χ1v) is 44.3. The maximum atomic E-state index is 15.8. The Kier molecular flexibility index (Phi) is 46.2. The van der Waals surface area contributed by atoms with Crippen LogP contribution in [0.3, 0.4) is 0 Å². The molecule has 0 radical (unpaired) electrons. The molecule has 640 valence electrons. The summed E-state index contributed by atoms with van der Waals surface area (Å²) in [5, 5.41) is 92.5. The quantitative estimate of drug-likeness (QED) is 0.0304. The van der Waals surface area contributed by atoms with E-state index in [1.54, 1.807) is 13.8 Å². The standard InChI is InChI=1S/C62H121FNO39P5/c1-42-51(69)53(71)46(34-65)100-58(42)88-25-13-7-10-16-28-91-105(77,78)94-31-19-22-85-38-62(41-98-108(83,84)97-37-49-57(103-104(6,75)76)61(5,63)44(3)99-49,39-86-23-20-32-95-106(79,80)92-29-17-11-8-14-26-89-59-43(2)52(70)54(72)47(35-66)101-59)40-87-24-21-33-96-107(81,82)93-30-18-12-9-15-27-90-60-50(64-45(4)68)56(74)55(73)48(36-67)102-60/h42-44,46-60,65-67,69-74H,7-41H2,1-6H3,(H,64,68)(H,75,76)(H,77,78)(H,79,80)(H,81,82)(H,83,84)/p-1/t42?,43?,44-,46?,47?,48?,49+,50?,51+,52+,53-,54-,55-,56+,57?,58+,59+,60+,61?,62?/m0/s1. The lowest BCUT2D eigenvalue weighted by Crippen LogP contribution is -2.64. The Morgan fingerprint density at radius 3 is 1.14 bits per heavy atom. The van der Waals surface area contributed by atoms with Crippen LogP contribution in [0, 0.1) is 17.3 Å². The highest BCUT2D eigenvalue weighted by molar-refractivity contribution is 7.52. The first-order chi connectivity index (χ1) is 50.8. The van der Waals surface area contributed by atoms with E-state index in [0.29, 0.717) is 77.0 Å². The van der Waals surface area contributed by atoms with Crippen molar-refractivity contribution in [1.82, 2.24) is 5.32 Å². The Bertz CT molecular complexity index is 2650. The molecule has 0 saturated carbocycles. The number of hydrogen-bond acceptors (Lipinski definition) is 35. The van der Waals surface area contributed by atoms with Gasteiger partial charge in [0.25, 0.3) is 7.82 Å². The fourth-order valence-corrected chi connectivity index (χ4v) is 15.5. The van der Waals surface area contributed by atoms with E-state index < -0.39 is 225 Å². The molecule has 0 aromatic rings. The molecule has 14 N–H and O–H groups in total. The Morgan fingerprint density at radius 1 is 0.454 bits per heavy atom. The van der Waals surface area contributed by atoms with Crippen LogP contribution in [0.2, 0.25) is 0 Å². The van der Waals surface area contributed by atoms with Crippen molar-refractivity contribution in [1.29, 1.82) is 0 Å². The highest BCUT2D eigenvalue weighted by Crippen LogP contribution is 2.50. The van der Waals surface area contributed by atoms with Crippen molar-refractivity contribution in [2.24, 2.45) is 17.3 Å². The van der Waals surface area contributed by atoms with Crippen LogP contribution in [0.1, 0.15) is 131 Å². The van der Waals surface area contributed by atoms with E-state index in [1.807, 2.05) is 0 Å². The monoisotopic (exact) mass is 1680 g/mol. The minimum atomic E-state index is -5.48. The van der Waals surface area contributed by atoms with Crippen molar-refractivity contribution in [3.63, 3.8) is 0 Å². The number of halogens is 1. The van der Waals surface area contributed by atoms with E-state index in [1.165, 1.54) is 13.8 Å². The van der Waals surface area contributed by atoms with Crippen molar-refractivity contribution in [2.75, 3.05) is 139 Å². The van der Waals surface area contributed by atoms with Gasteiger partial charge in [-0.1, -0.05) is 52.4 Å². The molecule has 4 fully saturated rings. The number of amides is 1. The second-order valence-corrected chi connectivity index (χ2v) is 34.9. The lowest BCUT2D eigenvalue weighted by atomic mass is 9.92. The second-order valence-electron chi connectivity index (χ2n) is 27.4. The zero-order chi connectivity index (χ0) is 80.4. The van der Waals surface area contributed by atoms with Gasteiger partial charge in [-0.3, -0.25) is 45.6 Å². The van der Waals surface area contributed by atoms with Crippen molar-refractivity contribution < 1.29 is 191 Å². The molecular formula is C62H120FNO39P5-. The molecule has 0 aliphatic carbocycles. The molecule has 24 atom stereocenters. The summed E-state index contributed by atoms with van der Waals surface area (Å²) in [5.74, 6) is -1.64. The summed E-state index contributed by atoms with van der Waals surface area (Å²) < 4.78 is 184. The van der Waals surface area contributed by atoms with Crippen LogP contribution in [0.4, 0.5) is 4.39 Å². The fraction of sp³-hybridized carbons (Fsp3) is 0.984. The van der Waals surface area contributed by atoms with Crippen LogP contribution >= 0.6 is 38.9 Å². The zero-order valence-electron chi connectivity index (χ0n) is 62.2. The number of nitrogens with one attached hydrogen (secondary N) is 1. The first kappa shape index (κ1) is 99.6. The van der Waals surface area contributed by atoms with Gasteiger partial charge in [-0.25, -0.2) is 18.1 Å². The maximum Gasteiger partial charge on any atom is 0.472 e. The molecule has 4 rings (SSSR count). The van der Waals surface area contributed by atoms with E-state index >= 15 is 4.39 Å². The first-order valence-electron chi connectivity index (χ1n) is 36.3. The predicted molar refractivity (Wildman–Crippen MR) is 370 cm³/mol. The predicted octanol–water partition coefficient (Wildman–Crippen LogP) is 1.64. The molecule has 0 aromatic carbocycles. The third-order valence-corrected chi connectivity index (χ3v) is 22.5. The van der Waals surface area contributed by atoms with Crippen molar-refractivity contribution in [2.45, 2.75) is 235 Å². The molecule has 4 aliphatic rings. The highest BCUT2D eigenvalue weighted by atomic mass is 31.2. The molecule has 4 saturated heterocycles. The molecule has 4 heterocycles. The smallest absolute Gasteiger partial charge is 0.472 e. The van der Waals surface area contributed by atoms with E-state index in [-0.39, 0.29) is 91.9 Å². The van der Waals surface area contributed by atoms with Crippen LogP contribution in [0.5, 0.6) is 0 Å². The number of carbonyl (C=O) groups is 1. The summed E-state index contributed by atoms with van der Waals surface area (Å²) >= 11 is 0. The number of aliphatic hydroxyl groups excluding tert-OH is 9. The zero-order valence-corrected chi connectivity index (χ0v) is 66.7. The average molecular weight is 1680 g/mol. The second kappa shape index (κ2) is 50.1. The number of ether oxygens (including phenoxy) is 10. The Morgan fingerprint density at radius 2 is 0.787 bits per heavy atom. The molecule has 0 spiro atoms. The summed E-state index contributed by atoms with van der Waals surface area (Å²) in [4.78, 5) is 66.6. The number of rotatable bonds is 60. The van der Waals surface area contributed by atoms with Crippen LogP contribution in [0.25, 0.3) is 0 Å². The number of hydrogen-bond donors (Lipinski definition) is 14. The van der Waals surface area contributed by atoms with Crippen molar-refractivity contribution in [3.05, 3.63) is 0 Å². The summed E-state index contributed by atoms with van der Waals surface area (Å²) in [7, 11) is -23.7. The van der Waals surface area contributed by atoms with Gasteiger partial charge in [0.05, 0.1) is 116 Å². The number of unbranched alkanes of at least 4 members (excludes halogenated alkanes) is 9. The third-order valence-electron chi connectivity index (χ3n) is 17.9. The lowest BCUT2D eigenvalue weighted by molar-refractivity contribution is -0.282. The van der Waals surface area contributed by atoms with E-state index in [4.69, 9.17) is 88.1 Å². The molecule has 46 heteroatoms. The molecular weight excluding hydrogens is 1560 g/mol. The topological polar surface area (TPSA) is 576 Å². The average Bonchev–Trinajstić information content (AvgIpc) is 1.62. The summed E-state index contributed by atoms with van der Waals surface area (Å²) in [5.41, 5.74) is -4.05. The highest BCUT2D eigenvalue weighted by Gasteiger charge is 2.56. The fourth-order valence-electron chi connectivity index (χ4n) is 11.5. The Hall–Kier alpha value is -0.770. The molecule has 4 aliphatic heterocycles. The van der Waals surface area contributed by atoms with Crippen LogP contribution in [-0.2, 0) is 116 Å². The van der Waals surface area contributed by atoms with Gasteiger partial charge >= 0.3 is 31.1 Å². The SMILES string of the molecule is CC(=O)NC1[C@H](OCCCCCCOP(=O)(O)OCCCOCC(COCCCOP(=O)(O)OCCCCCCO[C@@H]2OC(CO)[C@H](O)[C@H](O)C2C)(COCCCOP(=O)(O)OCCCCCCO[C@@H]2OC(CO)[C@H](O)[C@H](O)C2C)COP(=O)([O-])OC[C@H]2O[C@@H](C)C(C)(F)C2OP(C)(=O)O)OC(CO)[C@H](O)[C@@H]1O. The normalized spacial score (nSPS) is 32.5. The molecule has 0 bridgehead atoms. The van der Waals surface area contributed by atoms with Crippen LogP contribution < -0.4 is 10.2 Å². The number of phosphoric ester groups is 4. The van der Waals surface area contributed by atoms with E-state index in [9.17, 15) is 98.0 Å². The van der Waals surface area contributed by atoms with Gasteiger partial charge in [-0.15, -0.1) is 0 Å². The minimum absolute atomic E-state index is 0.0539. The Balaban J connectivity index is 1.34. The van der Waals surface area contributed by atoms with E-state index in [0.717, 1.165) is 13.6 Å². The van der Waals surface area contributed by atoms with Crippen molar-refractivity contribution in [3.8, 4) is 0 Å². The summed E-state index contributed by atoms with van der Waals surface area (Å²) in [6.07, 6.45) is -12.7. The van der Waals surface area contributed by atoms with Gasteiger partial charge in [0, 0.05) is 65.1 Å². The molecule has 108 heavy (non-hydrogen) atoms.